The Kier molecular flexibility index (Phi) is 6.50. The molecule has 1 amide bonds. The van der Waals surface area contributed by atoms with E-state index >= 15 is 0 Å². The Morgan fingerprint density at radius 2 is 1.92 bits per heavy atom. The van der Waals surface area contributed by atoms with Gasteiger partial charge in [-0.1, -0.05) is 30.7 Å². The topological polar surface area (TPSA) is 41.6 Å². The third-order valence-electron chi connectivity index (χ3n) is 3.67. The van der Waals surface area contributed by atoms with Crippen LogP contribution in [0.2, 0.25) is 5.02 Å². The minimum Gasteiger partial charge on any atom is -0.449 e. The number of nitrogens with zero attached hydrogens (tertiary/aromatic N) is 1. The number of ether oxygens (including phenoxy) is 1. The zero-order valence-electron chi connectivity index (χ0n) is 14.3. The molecule has 2 rings (SSSR count). The molecular weight excluding hydrogens is 324 g/mol. The van der Waals surface area contributed by atoms with Crippen LogP contribution >= 0.6 is 11.6 Å². The molecule has 24 heavy (non-hydrogen) atoms. The lowest BCUT2D eigenvalue weighted by atomic mass is 10.1. The van der Waals surface area contributed by atoms with Crippen LogP contribution in [0.3, 0.4) is 0 Å². The number of nitrogens with one attached hydrogen (secondary N) is 1. The summed E-state index contributed by atoms with van der Waals surface area (Å²) in [6.45, 7) is 5.10. The van der Waals surface area contributed by atoms with E-state index in [1.165, 1.54) is 0 Å². The van der Waals surface area contributed by atoms with Crippen LogP contribution in [-0.4, -0.2) is 19.7 Å². The van der Waals surface area contributed by atoms with Gasteiger partial charge in [-0.25, -0.2) is 4.79 Å². The van der Waals surface area contributed by atoms with Crippen molar-refractivity contribution in [3.05, 3.63) is 58.6 Å². The van der Waals surface area contributed by atoms with E-state index in [-0.39, 0.29) is 6.09 Å². The second-order valence-corrected chi connectivity index (χ2v) is 6.09. The molecular formula is C19H23ClN2O2. The van der Waals surface area contributed by atoms with E-state index in [1.807, 2.05) is 50.2 Å². The van der Waals surface area contributed by atoms with Crippen molar-refractivity contribution in [1.29, 1.82) is 0 Å². The number of hydrogen-bond donors (Lipinski definition) is 1. The van der Waals surface area contributed by atoms with Gasteiger partial charge < -0.3 is 10.1 Å². The Morgan fingerprint density at radius 1 is 1.21 bits per heavy atom. The van der Waals surface area contributed by atoms with E-state index in [2.05, 4.69) is 11.4 Å². The zero-order chi connectivity index (χ0) is 17.5. The molecule has 0 fully saturated rings. The molecule has 4 nitrogen and oxygen atoms in total. The Bertz CT molecular complexity index is 686. The summed E-state index contributed by atoms with van der Waals surface area (Å²) < 4.78 is 5.17. The molecule has 0 unspecified atom stereocenters. The molecule has 0 radical (unpaired) electrons. The molecule has 0 aliphatic heterocycles. The maximum Gasteiger partial charge on any atom is 0.414 e. The van der Waals surface area contributed by atoms with E-state index in [0.29, 0.717) is 13.2 Å². The van der Waals surface area contributed by atoms with E-state index in [9.17, 15) is 4.79 Å². The molecule has 0 aliphatic rings. The first-order valence-electron chi connectivity index (χ1n) is 8.00. The summed E-state index contributed by atoms with van der Waals surface area (Å²) in [7, 11) is 1.73. The fraction of sp³-hybridized carbons (Fsp3) is 0.316. The summed E-state index contributed by atoms with van der Waals surface area (Å²) in [4.78, 5) is 13.5. The fourth-order valence-electron chi connectivity index (χ4n) is 2.36. The normalized spacial score (nSPS) is 10.3. The number of aryl methyl sites for hydroxylation is 1. The standard InChI is InChI=1S/C19H23ClN2O2/c1-4-11-24-19(23)22(3)18-10-5-15(12-14(18)2)13-21-17-8-6-16(20)7-9-17/h5-10,12,21H,4,11,13H2,1-3H3. The van der Waals surface area contributed by atoms with Crippen molar-refractivity contribution in [2.75, 3.05) is 23.9 Å². The second kappa shape index (κ2) is 8.60. The van der Waals surface area contributed by atoms with Crippen LogP contribution in [0.1, 0.15) is 24.5 Å². The zero-order valence-corrected chi connectivity index (χ0v) is 15.1. The third-order valence-corrected chi connectivity index (χ3v) is 3.92. The Labute approximate surface area is 148 Å². The first-order chi connectivity index (χ1) is 11.5. The van der Waals surface area contributed by atoms with Crippen LogP contribution in [0.25, 0.3) is 0 Å². The average molecular weight is 347 g/mol. The monoisotopic (exact) mass is 346 g/mol. The molecule has 5 heteroatoms. The molecule has 0 aromatic heterocycles. The van der Waals surface area contributed by atoms with Gasteiger partial charge in [0.1, 0.15) is 0 Å². The summed E-state index contributed by atoms with van der Waals surface area (Å²) in [6.07, 6.45) is 0.486. The van der Waals surface area contributed by atoms with Crippen LogP contribution in [0.15, 0.2) is 42.5 Å². The van der Waals surface area contributed by atoms with E-state index in [4.69, 9.17) is 16.3 Å². The Balaban J connectivity index is 2.00. The van der Waals surface area contributed by atoms with Crippen LogP contribution in [0.5, 0.6) is 0 Å². The molecule has 128 valence electrons. The number of amides is 1. The van der Waals surface area contributed by atoms with Gasteiger partial charge in [0.05, 0.1) is 6.61 Å². The number of rotatable bonds is 6. The lowest BCUT2D eigenvalue weighted by Crippen LogP contribution is -2.28. The van der Waals surface area contributed by atoms with Gasteiger partial charge in [-0.2, -0.15) is 0 Å². The maximum absolute atomic E-state index is 12.0. The molecule has 0 bridgehead atoms. The van der Waals surface area contributed by atoms with Gasteiger partial charge in [0.25, 0.3) is 0 Å². The number of hydrogen-bond acceptors (Lipinski definition) is 3. The van der Waals surface area contributed by atoms with Gasteiger partial charge in [-0.05, 0) is 54.8 Å². The summed E-state index contributed by atoms with van der Waals surface area (Å²) in [5.41, 5.74) is 4.04. The highest BCUT2D eigenvalue weighted by Crippen LogP contribution is 2.22. The SMILES string of the molecule is CCCOC(=O)N(C)c1ccc(CNc2ccc(Cl)cc2)cc1C. The van der Waals surface area contributed by atoms with E-state index in [0.717, 1.165) is 33.9 Å². The Hall–Kier alpha value is -2.20. The molecule has 0 heterocycles. The van der Waals surface area contributed by atoms with Crippen molar-refractivity contribution in [2.24, 2.45) is 0 Å². The van der Waals surface area contributed by atoms with Crippen LogP contribution in [-0.2, 0) is 11.3 Å². The lowest BCUT2D eigenvalue weighted by Gasteiger charge is -2.20. The largest absolute Gasteiger partial charge is 0.449 e. The lowest BCUT2D eigenvalue weighted by molar-refractivity contribution is 0.155. The van der Waals surface area contributed by atoms with E-state index in [1.54, 1.807) is 11.9 Å². The van der Waals surface area contributed by atoms with Crippen molar-refractivity contribution < 1.29 is 9.53 Å². The van der Waals surface area contributed by atoms with Crippen molar-refractivity contribution in [2.45, 2.75) is 26.8 Å². The Morgan fingerprint density at radius 3 is 2.54 bits per heavy atom. The highest BCUT2D eigenvalue weighted by atomic mass is 35.5. The predicted octanol–water partition coefficient (Wildman–Crippen LogP) is 5.24. The number of anilines is 2. The van der Waals surface area contributed by atoms with Crippen molar-refractivity contribution in [3.8, 4) is 0 Å². The summed E-state index contributed by atoms with van der Waals surface area (Å²) >= 11 is 5.88. The maximum atomic E-state index is 12.0. The van der Waals surface area contributed by atoms with E-state index < -0.39 is 0 Å². The second-order valence-electron chi connectivity index (χ2n) is 5.65. The highest BCUT2D eigenvalue weighted by molar-refractivity contribution is 6.30. The van der Waals surface area contributed by atoms with Gasteiger partial charge in [0.2, 0.25) is 0 Å². The first-order valence-corrected chi connectivity index (χ1v) is 8.38. The number of halogens is 1. The highest BCUT2D eigenvalue weighted by Gasteiger charge is 2.14. The van der Waals surface area contributed by atoms with Crippen molar-refractivity contribution in [3.63, 3.8) is 0 Å². The summed E-state index contributed by atoms with van der Waals surface area (Å²) in [5, 5.41) is 4.07. The van der Waals surface area contributed by atoms with Gasteiger partial charge in [0, 0.05) is 30.0 Å². The summed E-state index contributed by atoms with van der Waals surface area (Å²) in [5.74, 6) is 0. The van der Waals surface area contributed by atoms with Crippen molar-refractivity contribution in [1.82, 2.24) is 0 Å². The smallest absolute Gasteiger partial charge is 0.414 e. The number of carbonyl (C=O) groups is 1. The third kappa shape index (κ3) is 4.90. The number of benzene rings is 2. The average Bonchev–Trinajstić information content (AvgIpc) is 2.58. The molecule has 0 saturated heterocycles. The first kappa shape index (κ1) is 18.1. The molecule has 2 aromatic rings. The minimum atomic E-state index is -0.327. The molecule has 0 spiro atoms. The molecule has 1 N–H and O–H groups in total. The molecule has 0 saturated carbocycles. The molecule has 2 aromatic carbocycles. The van der Waals surface area contributed by atoms with Crippen LogP contribution < -0.4 is 10.2 Å². The fourth-order valence-corrected chi connectivity index (χ4v) is 2.49. The van der Waals surface area contributed by atoms with Gasteiger partial charge in [-0.3, -0.25) is 4.90 Å². The quantitative estimate of drug-likeness (QED) is 0.777. The van der Waals surface area contributed by atoms with Gasteiger partial charge in [0.15, 0.2) is 0 Å². The van der Waals surface area contributed by atoms with Crippen LogP contribution in [0.4, 0.5) is 16.2 Å². The van der Waals surface area contributed by atoms with Gasteiger partial charge in [-0.15, -0.1) is 0 Å². The van der Waals surface area contributed by atoms with Crippen molar-refractivity contribution >= 4 is 29.1 Å². The summed E-state index contributed by atoms with van der Waals surface area (Å²) in [6, 6.07) is 13.6. The molecule has 0 atom stereocenters. The molecule has 0 aliphatic carbocycles. The minimum absolute atomic E-state index is 0.327. The number of carbonyl (C=O) groups excluding carboxylic acids is 1. The van der Waals surface area contributed by atoms with Gasteiger partial charge >= 0.3 is 6.09 Å². The predicted molar refractivity (Wildman–Crippen MR) is 100.0 cm³/mol. The van der Waals surface area contributed by atoms with Crippen LogP contribution in [0, 0.1) is 6.92 Å².